The SMILES string of the molecule is O=C(Cn1ccc2cccc(Cl)c21)Nc1ccc(S(=O)(=O)Nc2ncns2)cc1. The van der Waals surface area contributed by atoms with E-state index >= 15 is 0 Å². The average molecular weight is 448 g/mol. The summed E-state index contributed by atoms with van der Waals surface area (Å²) in [7, 11) is -3.77. The van der Waals surface area contributed by atoms with Gasteiger partial charge in [0.15, 0.2) is 0 Å². The van der Waals surface area contributed by atoms with Crippen molar-refractivity contribution in [3.63, 3.8) is 0 Å². The Hall–Kier alpha value is -2.95. The predicted octanol–water partition coefficient (Wildman–Crippen LogP) is 3.59. The van der Waals surface area contributed by atoms with Crippen molar-refractivity contribution in [1.29, 1.82) is 0 Å². The molecule has 29 heavy (non-hydrogen) atoms. The van der Waals surface area contributed by atoms with Crippen molar-refractivity contribution < 1.29 is 13.2 Å². The third-order valence-corrected chi connectivity index (χ3v) is 6.45. The number of nitrogens with one attached hydrogen (secondary N) is 2. The van der Waals surface area contributed by atoms with Crippen LogP contribution in [0.2, 0.25) is 5.02 Å². The normalized spacial score (nSPS) is 11.5. The maximum absolute atomic E-state index is 12.4. The summed E-state index contributed by atoms with van der Waals surface area (Å²) in [4.78, 5) is 16.3. The molecule has 0 aliphatic rings. The van der Waals surface area contributed by atoms with Crippen LogP contribution < -0.4 is 10.0 Å². The minimum Gasteiger partial charge on any atom is -0.337 e. The van der Waals surface area contributed by atoms with Gasteiger partial charge in [0, 0.05) is 28.8 Å². The monoisotopic (exact) mass is 447 g/mol. The van der Waals surface area contributed by atoms with Gasteiger partial charge in [0.05, 0.1) is 15.4 Å². The molecule has 0 saturated heterocycles. The van der Waals surface area contributed by atoms with Crippen LogP contribution in [0, 0.1) is 0 Å². The van der Waals surface area contributed by atoms with Gasteiger partial charge in [-0.05, 0) is 36.4 Å². The second kappa shape index (κ2) is 7.82. The highest BCUT2D eigenvalue weighted by Gasteiger charge is 2.16. The van der Waals surface area contributed by atoms with Gasteiger partial charge in [0.25, 0.3) is 10.0 Å². The molecule has 4 aromatic rings. The van der Waals surface area contributed by atoms with Crippen molar-refractivity contribution in [1.82, 2.24) is 13.9 Å². The van der Waals surface area contributed by atoms with E-state index in [4.69, 9.17) is 11.6 Å². The van der Waals surface area contributed by atoms with Gasteiger partial charge >= 0.3 is 0 Å². The molecule has 0 unspecified atom stereocenters. The zero-order valence-electron chi connectivity index (χ0n) is 14.7. The summed E-state index contributed by atoms with van der Waals surface area (Å²) >= 11 is 7.17. The summed E-state index contributed by atoms with van der Waals surface area (Å²) in [6.45, 7) is 0.0753. The number of para-hydroxylation sites is 1. The zero-order chi connectivity index (χ0) is 20.4. The summed E-state index contributed by atoms with van der Waals surface area (Å²) < 4.78 is 32.5. The molecular formula is C18H14ClN5O3S2. The molecule has 1 amide bonds. The molecule has 2 N–H and O–H groups in total. The Labute approximate surface area is 175 Å². The molecule has 2 heterocycles. The van der Waals surface area contributed by atoms with E-state index in [1.165, 1.54) is 30.6 Å². The van der Waals surface area contributed by atoms with Crippen LogP contribution >= 0.6 is 23.1 Å². The maximum Gasteiger partial charge on any atom is 0.263 e. The molecule has 4 rings (SSSR count). The third kappa shape index (κ3) is 4.24. The fraction of sp³-hybridized carbons (Fsp3) is 0.0556. The van der Waals surface area contributed by atoms with E-state index in [0.29, 0.717) is 10.7 Å². The zero-order valence-corrected chi connectivity index (χ0v) is 17.1. The van der Waals surface area contributed by atoms with Gasteiger partial charge in [-0.15, -0.1) is 0 Å². The predicted molar refractivity (Wildman–Crippen MR) is 113 cm³/mol. The maximum atomic E-state index is 12.4. The van der Waals surface area contributed by atoms with Gasteiger partial charge < -0.3 is 9.88 Å². The van der Waals surface area contributed by atoms with Gasteiger partial charge in [-0.1, -0.05) is 23.7 Å². The molecule has 148 valence electrons. The Kier molecular flexibility index (Phi) is 5.22. The number of amides is 1. The standard InChI is InChI=1S/C18H14ClN5O3S2/c19-15-3-1-2-12-8-9-24(17(12)15)10-16(25)22-13-4-6-14(7-5-13)29(26,27)23-18-20-11-21-28-18/h1-9,11H,10H2,(H,22,25)(H,20,21,23). The molecular weight excluding hydrogens is 434 g/mol. The van der Waals surface area contributed by atoms with Crippen molar-refractivity contribution in [2.75, 3.05) is 10.0 Å². The molecule has 2 aromatic heterocycles. The Morgan fingerprint density at radius 1 is 1.14 bits per heavy atom. The lowest BCUT2D eigenvalue weighted by Gasteiger charge is -2.09. The Balaban J connectivity index is 1.45. The van der Waals surface area contributed by atoms with Gasteiger partial charge in [-0.25, -0.2) is 13.4 Å². The molecule has 11 heteroatoms. The van der Waals surface area contributed by atoms with Crippen molar-refractivity contribution in [2.45, 2.75) is 11.4 Å². The Morgan fingerprint density at radius 3 is 2.66 bits per heavy atom. The fourth-order valence-corrected chi connectivity index (χ4v) is 4.76. The van der Waals surface area contributed by atoms with E-state index < -0.39 is 10.0 Å². The lowest BCUT2D eigenvalue weighted by Crippen LogP contribution is -2.18. The smallest absolute Gasteiger partial charge is 0.263 e. The molecule has 0 radical (unpaired) electrons. The van der Waals surface area contributed by atoms with Crippen LogP contribution in [0.25, 0.3) is 10.9 Å². The first kappa shape index (κ1) is 19.4. The summed E-state index contributed by atoms with van der Waals surface area (Å²) in [5.74, 6) is -0.259. The molecule has 0 fully saturated rings. The summed E-state index contributed by atoms with van der Waals surface area (Å²) in [5, 5.41) is 4.45. The van der Waals surface area contributed by atoms with Crippen molar-refractivity contribution in [3.05, 3.63) is 66.1 Å². The minimum atomic E-state index is -3.77. The van der Waals surface area contributed by atoms with Gasteiger partial charge in [-0.3, -0.25) is 9.52 Å². The lowest BCUT2D eigenvalue weighted by atomic mass is 10.2. The second-order valence-electron chi connectivity index (χ2n) is 6.05. The van der Waals surface area contributed by atoms with Gasteiger partial charge in [0.1, 0.15) is 12.9 Å². The average Bonchev–Trinajstić information content (AvgIpc) is 3.32. The number of aromatic nitrogens is 3. The second-order valence-corrected chi connectivity index (χ2v) is 8.92. The number of halogens is 1. The van der Waals surface area contributed by atoms with E-state index in [1.54, 1.807) is 16.8 Å². The topological polar surface area (TPSA) is 106 Å². The highest BCUT2D eigenvalue weighted by atomic mass is 35.5. The first-order valence-electron chi connectivity index (χ1n) is 8.35. The number of sulfonamides is 1. The number of carbonyl (C=O) groups excluding carboxylic acids is 1. The van der Waals surface area contributed by atoms with Crippen LogP contribution in [-0.2, 0) is 21.4 Å². The molecule has 8 nitrogen and oxygen atoms in total. The van der Waals surface area contributed by atoms with Crippen molar-refractivity contribution in [2.24, 2.45) is 0 Å². The first-order chi connectivity index (χ1) is 13.9. The summed E-state index contributed by atoms with van der Waals surface area (Å²) in [5.41, 5.74) is 1.26. The number of anilines is 2. The van der Waals surface area contributed by atoms with Gasteiger partial charge in [0.2, 0.25) is 11.0 Å². The molecule has 0 atom stereocenters. The molecule has 2 aromatic carbocycles. The van der Waals surface area contributed by atoms with E-state index in [0.717, 1.165) is 22.4 Å². The highest BCUT2D eigenvalue weighted by Crippen LogP contribution is 2.24. The molecule has 0 aliphatic carbocycles. The van der Waals surface area contributed by atoms with E-state index in [2.05, 4.69) is 19.4 Å². The highest BCUT2D eigenvalue weighted by molar-refractivity contribution is 7.93. The lowest BCUT2D eigenvalue weighted by molar-refractivity contribution is -0.116. The number of carbonyl (C=O) groups is 1. The van der Waals surface area contributed by atoms with E-state index in [1.807, 2.05) is 18.2 Å². The molecule has 0 bridgehead atoms. The van der Waals surface area contributed by atoms with E-state index in [-0.39, 0.29) is 22.5 Å². The third-order valence-electron chi connectivity index (χ3n) is 4.08. The summed E-state index contributed by atoms with van der Waals surface area (Å²) in [6.07, 6.45) is 3.06. The van der Waals surface area contributed by atoms with Gasteiger partial charge in [-0.2, -0.15) is 4.37 Å². The number of benzene rings is 2. The van der Waals surface area contributed by atoms with Crippen molar-refractivity contribution in [3.8, 4) is 0 Å². The molecule has 0 aliphatic heterocycles. The Bertz CT molecular complexity index is 1270. The first-order valence-corrected chi connectivity index (χ1v) is 11.0. The number of rotatable bonds is 6. The fourth-order valence-electron chi connectivity index (χ4n) is 2.81. The number of nitrogens with zero attached hydrogens (tertiary/aromatic N) is 3. The largest absolute Gasteiger partial charge is 0.337 e. The van der Waals surface area contributed by atoms with Crippen LogP contribution in [0.4, 0.5) is 10.8 Å². The Morgan fingerprint density at radius 2 is 1.93 bits per heavy atom. The number of fused-ring (bicyclic) bond motifs is 1. The minimum absolute atomic E-state index is 0.0499. The molecule has 0 spiro atoms. The quantitative estimate of drug-likeness (QED) is 0.470. The number of hydrogen-bond donors (Lipinski definition) is 2. The molecule has 0 saturated carbocycles. The van der Waals surface area contributed by atoms with E-state index in [9.17, 15) is 13.2 Å². The van der Waals surface area contributed by atoms with Crippen LogP contribution in [-0.4, -0.2) is 28.2 Å². The number of hydrogen-bond acceptors (Lipinski definition) is 6. The van der Waals surface area contributed by atoms with Crippen molar-refractivity contribution >= 4 is 60.8 Å². The van der Waals surface area contributed by atoms with Crippen LogP contribution in [0.15, 0.2) is 66.0 Å². The summed E-state index contributed by atoms with van der Waals surface area (Å²) in [6, 6.07) is 13.3. The van der Waals surface area contributed by atoms with Crippen LogP contribution in [0.5, 0.6) is 0 Å². The van der Waals surface area contributed by atoms with Crippen LogP contribution in [0.3, 0.4) is 0 Å². The van der Waals surface area contributed by atoms with Crippen LogP contribution in [0.1, 0.15) is 0 Å².